The minimum Gasteiger partial charge on any atom is -0.497 e. The highest BCUT2D eigenvalue weighted by Gasteiger charge is 2.18. The van der Waals surface area contributed by atoms with E-state index >= 15 is 0 Å². The van der Waals surface area contributed by atoms with Crippen molar-refractivity contribution < 1.29 is 4.74 Å². The molecule has 2 N–H and O–H groups in total. The topological polar surface area (TPSA) is 33.3 Å². The number of hydrogen-bond donors (Lipinski definition) is 2. The van der Waals surface area contributed by atoms with Gasteiger partial charge in [0, 0.05) is 30.4 Å². The zero-order chi connectivity index (χ0) is 11.5. The molecule has 1 heterocycles. The summed E-state index contributed by atoms with van der Waals surface area (Å²) in [4.78, 5) is 0. The van der Waals surface area contributed by atoms with Crippen LogP contribution < -0.4 is 15.4 Å². The quantitative estimate of drug-likeness (QED) is 0.817. The predicted molar refractivity (Wildman–Crippen MR) is 67.2 cm³/mol. The van der Waals surface area contributed by atoms with E-state index in [1.165, 1.54) is 11.3 Å². The van der Waals surface area contributed by atoms with Crippen molar-refractivity contribution in [3.05, 3.63) is 23.8 Å². The molecule has 1 aliphatic rings. The van der Waals surface area contributed by atoms with Crippen molar-refractivity contribution in [2.75, 3.05) is 19.0 Å². The van der Waals surface area contributed by atoms with Crippen LogP contribution in [0.1, 0.15) is 19.4 Å². The lowest BCUT2D eigenvalue weighted by atomic mass is 9.99. The Kier molecular flexibility index (Phi) is 3.34. The van der Waals surface area contributed by atoms with Crippen LogP contribution in [0.3, 0.4) is 0 Å². The molecule has 1 unspecified atom stereocenters. The van der Waals surface area contributed by atoms with Crippen LogP contribution in [0.5, 0.6) is 5.75 Å². The van der Waals surface area contributed by atoms with E-state index in [2.05, 4.69) is 36.6 Å². The zero-order valence-corrected chi connectivity index (χ0v) is 10.2. The van der Waals surface area contributed by atoms with E-state index in [4.69, 9.17) is 4.74 Å². The van der Waals surface area contributed by atoms with E-state index in [-0.39, 0.29) is 0 Å². The summed E-state index contributed by atoms with van der Waals surface area (Å²) in [5.74, 6) is 0.918. The number of nitrogens with one attached hydrogen (secondary N) is 2. The normalized spacial score (nSPS) is 19.1. The first-order valence-corrected chi connectivity index (χ1v) is 5.86. The fraction of sp³-hybridized carbons (Fsp3) is 0.538. The Balaban J connectivity index is 2.09. The van der Waals surface area contributed by atoms with E-state index in [1.807, 2.05) is 6.07 Å². The Labute approximate surface area is 97.2 Å². The molecule has 88 valence electrons. The van der Waals surface area contributed by atoms with Gasteiger partial charge in [0.1, 0.15) is 5.75 Å². The molecule has 3 nitrogen and oxygen atoms in total. The standard InChI is InChI=1S/C13H20N2O/c1-9(2)15-11-6-10-4-5-12(16-3)7-13(10)14-8-11/h4-5,7,9,11,14-15H,6,8H2,1-3H3. The SMILES string of the molecule is COc1ccc2c(c1)NCC(NC(C)C)C2. The molecule has 0 spiro atoms. The van der Waals surface area contributed by atoms with Gasteiger partial charge >= 0.3 is 0 Å². The molecule has 0 fully saturated rings. The third-order valence-electron chi connectivity index (χ3n) is 2.89. The molecule has 1 aromatic rings. The minimum absolute atomic E-state index is 0.529. The van der Waals surface area contributed by atoms with Crippen molar-refractivity contribution in [1.29, 1.82) is 0 Å². The maximum Gasteiger partial charge on any atom is 0.120 e. The minimum atomic E-state index is 0.529. The van der Waals surface area contributed by atoms with Gasteiger partial charge in [0.25, 0.3) is 0 Å². The van der Waals surface area contributed by atoms with Gasteiger partial charge in [-0.3, -0.25) is 0 Å². The van der Waals surface area contributed by atoms with E-state index in [0.717, 1.165) is 18.7 Å². The number of ether oxygens (including phenoxy) is 1. The number of rotatable bonds is 3. The van der Waals surface area contributed by atoms with Crippen LogP contribution in [0.15, 0.2) is 18.2 Å². The Morgan fingerprint density at radius 1 is 1.44 bits per heavy atom. The monoisotopic (exact) mass is 220 g/mol. The lowest BCUT2D eigenvalue weighted by Crippen LogP contribution is -2.43. The van der Waals surface area contributed by atoms with Crippen molar-refractivity contribution in [2.24, 2.45) is 0 Å². The van der Waals surface area contributed by atoms with Crippen LogP contribution in [0.25, 0.3) is 0 Å². The summed E-state index contributed by atoms with van der Waals surface area (Å²) in [7, 11) is 1.70. The lowest BCUT2D eigenvalue weighted by Gasteiger charge is -2.28. The first-order chi connectivity index (χ1) is 7.69. The molecule has 0 saturated carbocycles. The van der Waals surface area contributed by atoms with Crippen molar-refractivity contribution in [3.63, 3.8) is 0 Å². The van der Waals surface area contributed by atoms with E-state index < -0.39 is 0 Å². The zero-order valence-electron chi connectivity index (χ0n) is 10.2. The van der Waals surface area contributed by atoms with Crippen LogP contribution >= 0.6 is 0 Å². The number of benzene rings is 1. The first kappa shape index (κ1) is 11.3. The van der Waals surface area contributed by atoms with Gasteiger partial charge in [-0.25, -0.2) is 0 Å². The molecular formula is C13H20N2O. The lowest BCUT2D eigenvalue weighted by molar-refractivity contribution is 0.414. The highest BCUT2D eigenvalue weighted by Crippen LogP contribution is 2.26. The summed E-state index contributed by atoms with van der Waals surface area (Å²) in [5, 5.41) is 7.01. The molecule has 16 heavy (non-hydrogen) atoms. The summed E-state index contributed by atoms with van der Waals surface area (Å²) >= 11 is 0. The van der Waals surface area contributed by atoms with Gasteiger partial charge < -0.3 is 15.4 Å². The van der Waals surface area contributed by atoms with Gasteiger partial charge in [-0.15, -0.1) is 0 Å². The summed E-state index contributed by atoms with van der Waals surface area (Å²) in [6.07, 6.45) is 1.09. The van der Waals surface area contributed by atoms with Crippen LogP contribution in [0.2, 0.25) is 0 Å². The summed E-state index contributed by atoms with van der Waals surface area (Å²) in [5.41, 5.74) is 2.58. The Hall–Kier alpha value is -1.22. The fourth-order valence-electron chi connectivity index (χ4n) is 2.19. The fourth-order valence-corrected chi connectivity index (χ4v) is 2.19. The number of methoxy groups -OCH3 is 1. The van der Waals surface area contributed by atoms with E-state index in [0.29, 0.717) is 12.1 Å². The third kappa shape index (κ3) is 2.47. The van der Waals surface area contributed by atoms with Crippen LogP contribution in [-0.4, -0.2) is 25.7 Å². The van der Waals surface area contributed by atoms with Gasteiger partial charge in [-0.1, -0.05) is 19.9 Å². The Morgan fingerprint density at radius 3 is 2.94 bits per heavy atom. The van der Waals surface area contributed by atoms with Crippen molar-refractivity contribution in [1.82, 2.24) is 5.32 Å². The van der Waals surface area contributed by atoms with Crippen molar-refractivity contribution in [3.8, 4) is 5.75 Å². The highest BCUT2D eigenvalue weighted by molar-refractivity contribution is 5.57. The molecule has 1 aliphatic heterocycles. The summed E-state index contributed by atoms with van der Waals surface area (Å²) in [6, 6.07) is 7.31. The van der Waals surface area contributed by atoms with Crippen molar-refractivity contribution >= 4 is 5.69 Å². The predicted octanol–water partition coefficient (Wildman–Crippen LogP) is 2.03. The molecule has 1 atom stereocenters. The molecule has 0 saturated heterocycles. The Morgan fingerprint density at radius 2 is 2.25 bits per heavy atom. The first-order valence-electron chi connectivity index (χ1n) is 5.86. The number of anilines is 1. The van der Waals surface area contributed by atoms with E-state index in [9.17, 15) is 0 Å². The summed E-state index contributed by atoms with van der Waals surface area (Å²) < 4.78 is 5.22. The Bertz CT molecular complexity index is 363. The molecule has 1 aromatic carbocycles. The summed E-state index contributed by atoms with van der Waals surface area (Å²) in [6.45, 7) is 5.35. The molecular weight excluding hydrogens is 200 g/mol. The largest absolute Gasteiger partial charge is 0.497 e. The second-order valence-corrected chi connectivity index (χ2v) is 4.63. The maximum absolute atomic E-state index is 5.22. The second kappa shape index (κ2) is 4.74. The van der Waals surface area contributed by atoms with Crippen LogP contribution in [0.4, 0.5) is 5.69 Å². The highest BCUT2D eigenvalue weighted by atomic mass is 16.5. The molecule has 0 aromatic heterocycles. The number of hydrogen-bond acceptors (Lipinski definition) is 3. The third-order valence-corrected chi connectivity index (χ3v) is 2.89. The van der Waals surface area contributed by atoms with Gasteiger partial charge in [-0.2, -0.15) is 0 Å². The van der Waals surface area contributed by atoms with Crippen LogP contribution in [0, 0.1) is 0 Å². The van der Waals surface area contributed by atoms with Crippen molar-refractivity contribution in [2.45, 2.75) is 32.4 Å². The molecule has 3 heteroatoms. The maximum atomic E-state index is 5.22. The molecule has 2 rings (SSSR count). The van der Waals surface area contributed by atoms with Gasteiger partial charge in [0.2, 0.25) is 0 Å². The average Bonchev–Trinajstić information content (AvgIpc) is 2.27. The van der Waals surface area contributed by atoms with Crippen LogP contribution in [-0.2, 0) is 6.42 Å². The average molecular weight is 220 g/mol. The van der Waals surface area contributed by atoms with Gasteiger partial charge in [0.05, 0.1) is 7.11 Å². The second-order valence-electron chi connectivity index (χ2n) is 4.63. The van der Waals surface area contributed by atoms with E-state index in [1.54, 1.807) is 7.11 Å². The molecule has 0 bridgehead atoms. The molecule has 0 radical (unpaired) electrons. The van der Waals surface area contributed by atoms with Gasteiger partial charge in [-0.05, 0) is 18.1 Å². The van der Waals surface area contributed by atoms with Gasteiger partial charge in [0.15, 0.2) is 0 Å². The number of fused-ring (bicyclic) bond motifs is 1. The molecule has 0 aliphatic carbocycles. The smallest absolute Gasteiger partial charge is 0.120 e. The molecule has 0 amide bonds.